The maximum Gasteiger partial charge on any atom is 0.226 e. The molecule has 4 heteroatoms. The highest BCUT2D eigenvalue weighted by molar-refractivity contribution is 5.78. The second kappa shape index (κ2) is 4.29. The highest BCUT2D eigenvalue weighted by atomic mass is 16.1. The molecule has 15 heavy (non-hydrogen) atoms. The van der Waals surface area contributed by atoms with Gasteiger partial charge < -0.3 is 11.1 Å². The molecule has 1 aliphatic carbocycles. The summed E-state index contributed by atoms with van der Waals surface area (Å²) in [5.74, 6) is 0.0528. The van der Waals surface area contributed by atoms with E-state index in [1.807, 2.05) is 0 Å². The van der Waals surface area contributed by atoms with E-state index in [1.54, 1.807) is 18.3 Å². The highest BCUT2D eigenvalue weighted by Crippen LogP contribution is 2.17. The van der Waals surface area contributed by atoms with Gasteiger partial charge in [0.1, 0.15) is 0 Å². The van der Waals surface area contributed by atoms with Crippen molar-refractivity contribution in [1.29, 1.82) is 0 Å². The fraction of sp³-hybridized carbons (Fsp3) is 0.455. The van der Waals surface area contributed by atoms with Gasteiger partial charge in [-0.2, -0.15) is 0 Å². The molecule has 3 N–H and O–H groups in total. The van der Waals surface area contributed by atoms with Gasteiger partial charge in [-0.1, -0.05) is 0 Å². The maximum absolute atomic E-state index is 11.5. The Kier molecular flexibility index (Phi) is 2.85. The van der Waals surface area contributed by atoms with Crippen LogP contribution < -0.4 is 11.1 Å². The Bertz CT molecular complexity index is 343. The number of anilines is 1. The van der Waals surface area contributed by atoms with Crippen LogP contribution in [0.3, 0.4) is 0 Å². The average molecular weight is 205 g/mol. The minimum Gasteiger partial charge on any atom is -0.397 e. The summed E-state index contributed by atoms with van der Waals surface area (Å²) < 4.78 is 0. The molecule has 0 aliphatic heterocycles. The molecule has 1 fully saturated rings. The molecule has 0 radical (unpaired) electrons. The standard InChI is InChI=1S/C11H15N3O/c12-8-4-5-10(13-7-8)6-11(15)14-9-2-1-3-9/h4-5,7,9H,1-3,6,12H2,(H,14,15). The topological polar surface area (TPSA) is 68.0 Å². The zero-order chi connectivity index (χ0) is 10.7. The Hall–Kier alpha value is -1.58. The van der Waals surface area contributed by atoms with Gasteiger partial charge >= 0.3 is 0 Å². The second-order valence-electron chi connectivity index (χ2n) is 3.95. The number of pyridine rings is 1. The number of nitrogens with one attached hydrogen (secondary N) is 1. The minimum atomic E-state index is 0.0528. The molecule has 80 valence electrons. The van der Waals surface area contributed by atoms with E-state index in [-0.39, 0.29) is 5.91 Å². The zero-order valence-corrected chi connectivity index (χ0v) is 8.57. The summed E-state index contributed by atoms with van der Waals surface area (Å²) in [6.45, 7) is 0. The Balaban J connectivity index is 1.84. The number of amides is 1. The largest absolute Gasteiger partial charge is 0.397 e. The smallest absolute Gasteiger partial charge is 0.226 e. The van der Waals surface area contributed by atoms with Gasteiger partial charge in [0.05, 0.1) is 18.3 Å². The van der Waals surface area contributed by atoms with Crippen LogP contribution in [0.4, 0.5) is 5.69 Å². The quantitative estimate of drug-likeness (QED) is 0.769. The number of nitrogen functional groups attached to an aromatic ring is 1. The normalized spacial score (nSPS) is 15.7. The fourth-order valence-corrected chi connectivity index (χ4v) is 1.54. The van der Waals surface area contributed by atoms with Crippen molar-refractivity contribution in [2.45, 2.75) is 31.7 Å². The molecule has 0 saturated heterocycles. The van der Waals surface area contributed by atoms with Crippen molar-refractivity contribution >= 4 is 11.6 Å². The number of nitrogens with two attached hydrogens (primary N) is 1. The van der Waals surface area contributed by atoms with Crippen LogP contribution in [0.5, 0.6) is 0 Å². The van der Waals surface area contributed by atoms with E-state index in [1.165, 1.54) is 6.42 Å². The Morgan fingerprint density at radius 2 is 2.33 bits per heavy atom. The van der Waals surface area contributed by atoms with Crippen molar-refractivity contribution < 1.29 is 4.79 Å². The third kappa shape index (κ3) is 2.68. The van der Waals surface area contributed by atoms with Crippen molar-refractivity contribution in [2.75, 3.05) is 5.73 Å². The first-order valence-electron chi connectivity index (χ1n) is 5.24. The van der Waals surface area contributed by atoms with Gasteiger partial charge in [-0.25, -0.2) is 0 Å². The van der Waals surface area contributed by atoms with Gasteiger partial charge in [-0.15, -0.1) is 0 Å². The molecule has 1 saturated carbocycles. The summed E-state index contributed by atoms with van der Waals surface area (Å²) in [6, 6.07) is 3.94. The number of nitrogens with zero attached hydrogens (tertiary/aromatic N) is 1. The van der Waals surface area contributed by atoms with E-state index in [0.29, 0.717) is 18.2 Å². The van der Waals surface area contributed by atoms with E-state index >= 15 is 0 Å². The molecule has 4 nitrogen and oxygen atoms in total. The van der Waals surface area contributed by atoms with Gasteiger partial charge in [0, 0.05) is 11.7 Å². The van der Waals surface area contributed by atoms with Gasteiger partial charge in [-0.3, -0.25) is 9.78 Å². The molecule has 1 aromatic heterocycles. The van der Waals surface area contributed by atoms with E-state index in [2.05, 4.69) is 10.3 Å². The minimum absolute atomic E-state index is 0.0528. The summed E-state index contributed by atoms with van der Waals surface area (Å²) in [5, 5.41) is 2.97. The van der Waals surface area contributed by atoms with Crippen LogP contribution in [0, 0.1) is 0 Å². The van der Waals surface area contributed by atoms with Crippen molar-refractivity contribution in [2.24, 2.45) is 0 Å². The first-order valence-corrected chi connectivity index (χ1v) is 5.24. The van der Waals surface area contributed by atoms with Crippen molar-refractivity contribution in [3.8, 4) is 0 Å². The lowest BCUT2D eigenvalue weighted by Gasteiger charge is -2.26. The molecular formula is C11H15N3O. The van der Waals surface area contributed by atoms with Crippen LogP contribution in [0.25, 0.3) is 0 Å². The Morgan fingerprint density at radius 1 is 1.53 bits per heavy atom. The number of hydrogen-bond acceptors (Lipinski definition) is 3. The third-order valence-corrected chi connectivity index (χ3v) is 2.66. The molecule has 1 aromatic rings. The van der Waals surface area contributed by atoms with Crippen LogP contribution in [0.15, 0.2) is 18.3 Å². The summed E-state index contributed by atoms with van der Waals surface area (Å²) in [6.07, 6.45) is 5.37. The number of hydrogen-bond donors (Lipinski definition) is 2. The molecule has 0 atom stereocenters. The SMILES string of the molecule is Nc1ccc(CC(=O)NC2CCC2)nc1. The summed E-state index contributed by atoms with van der Waals surface area (Å²) in [5.41, 5.74) is 6.89. The monoisotopic (exact) mass is 205 g/mol. The molecule has 1 amide bonds. The molecule has 0 bridgehead atoms. The highest BCUT2D eigenvalue weighted by Gasteiger charge is 2.19. The summed E-state index contributed by atoms with van der Waals surface area (Å²) in [7, 11) is 0. The van der Waals surface area contributed by atoms with Crippen LogP contribution >= 0.6 is 0 Å². The van der Waals surface area contributed by atoms with E-state index < -0.39 is 0 Å². The van der Waals surface area contributed by atoms with E-state index in [9.17, 15) is 4.79 Å². The van der Waals surface area contributed by atoms with Crippen LogP contribution in [0.1, 0.15) is 25.0 Å². The Morgan fingerprint density at radius 3 is 2.87 bits per heavy atom. The number of aromatic nitrogens is 1. The average Bonchev–Trinajstić information content (AvgIpc) is 2.16. The lowest BCUT2D eigenvalue weighted by Crippen LogP contribution is -2.40. The number of carbonyl (C=O) groups is 1. The summed E-state index contributed by atoms with van der Waals surface area (Å²) >= 11 is 0. The van der Waals surface area contributed by atoms with E-state index in [4.69, 9.17) is 5.73 Å². The van der Waals surface area contributed by atoms with E-state index in [0.717, 1.165) is 18.5 Å². The van der Waals surface area contributed by atoms with Gasteiger partial charge in [0.2, 0.25) is 5.91 Å². The lowest BCUT2D eigenvalue weighted by atomic mass is 9.93. The van der Waals surface area contributed by atoms with Crippen molar-refractivity contribution in [3.05, 3.63) is 24.0 Å². The molecule has 0 aromatic carbocycles. The maximum atomic E-state index is 11.5. The molecule has 0 unspecified atom stereocenters. The second-order valence-corrected chi connectivity index (χ2v) is 3.95. The molecule has 0 spiro atoms. The number of carbonyl (C=O) groups excluding carboxylic acids is 1. The molecule has 2 rings (SSSR count). The lowest BCUT2D eigenvalue weighted by molar-refractivity contribution is -0.121. The fourth-order valence-electron chi connectivity index (χ4n) is 1.54. The van der Waals surface area contributed by atoms with Crippen molar-refractivity contribution in [3.63, 3.8) is 0 Å². The first-order chi connectivity index (χ1) is 7.24. The van der Waals surface area contributed by atoms with Gasteiger partial charge in [0.25, 0.3) is 0 Å². The Labute approximate surface area is 88.9 Å². The van der Waals surface area contributed by atoms with Crippen molar-refractivity contribution in [1.82, 2.24) is 10.3 Å². The predicted molar refractivity (Wildman–Crippen MR) is 58.1 cm³/mol. The molecular weight excluding hydrogens is 190 g/mol. The van der Waals surface area contributed by atoms with Gasteiger partial charge in [0.15, 0.2) is 0 Å². The first kappa shape index (κ1) is 9.96. The molecule has 1 heterocycles. The third-order valence-electron chi connectivity index (χ3n) is 2.66. The van der Waals surface area contributed by atoms with Crippen LogP contribution in [-0.4, -0.2) is 16.9 Å². The predicted octanol–water partition coefficient (Wildman–Crippen LogP) is 0.875. The zero-order valence-electron chi connectivity index (χ0n) is 8.57. The van der Waals surface area contributed by atoms with Crippen LogP contribution in [-0.2, 0) is 11.2 Å². The number of rotatable bonds is 3. The summed E-state index contributed by atoms with van der Waals surface area (Å²) in [4.78, 5) is 15.6. The van der Waals surface area contributed by atoms with Crippen LogP contribution in [0.2, 0.25) is 0 Å². The molecule has 1 aliphatic rings. The van der Waals surface area contributed by atoms with Gasteiger partial charge in [-0.05, 0) is 31.4 Å².